The summed E-state index contributed by atoms with van der Waals surface area (Å²) in [7, 11) is 0. The third kappa shape index (κ3) is 38.1. The maximum Gasteiger partial charge on any atom is 0 e. The van der Waals surface area contributed by atoms with Crippen molar-refractivity contribution in [3.8, 4) is 0 Å². The van der Waals surface area contributed by atoms with Crippen molar-refractivity contribution in [2.75, 3.05) is 0 Å². The van der Waals surface area contributed by atoms with E-state index in [1.165, 1.54) is 0 Å². The summed E-state index contributed by atoms with van der Waals surface area (Å²) in [6.45, 7) is 0. The van der Waals surface area contributed by atoms with E-state index in [0.717, 1.165) is 0 Å². The van der Waals surface area contributed by atoms with Crippen LogP contribution in [0.2, 0.25) is 0 Å². The summed E-state index contributed by atoms with van der Waals surface area (Å²) >= 11 is 0. The first-order chi connectivity index (χ1) is 0. The van der Waals surface area contributed by atoms with Gasteiger partial charge in [0, 0.05) is 136 Å². The Bertz CT molecular complexity index is 0. The molecular weight excluding hydrogens is 707 g/mol. The Morgan fingerprint density at radius 1 is 0.143 bits per heavy atom. The quantitative estimate of drug-likeness (QED) is 0.311. The molecule has 0 aromatic carbocycles. The van der Waals surface area contributed by atoms with E-state index in [2.05, 4.69) is 0 Å². The fraction of sp³-hybridized carbons (Fsp3) is 0. The average molecular weight is 707 g/mol. The summed E-state index contributed by atoms with van der Waals surface area (Å²) in [5, 5.41) is 0. The van der Waals surface area contributed by atoms with E-state index in [-0.39, 0.29) is 136 Å². The first-order valence-electron chi connectivity index (χ1n) is 0. The van der Waals surface area contributed by atoms with E-state index in [1.54, 1.807) is 0 Å². The minimum Gasteiger partial charge on any atom is 0 e. The molecule has 0 atom stereocenters. The van der Waals surface area contributed by atoms with E-state index in [9.17, 15) is 0 Å². The molecule has 0 aromatic heterocycles. The van der Waals surface area contributed by atoms with Crippen molar-refractivity contribution < 1.29 is 136 Å². The zero-order chi connectivity index (χ0) is 0. The van der Waals surface area contributed by atoms with Gasteiger partial charge < -0.3 is 0 Å². The summed E-state index contributed by atoms with van der Waals surface area (Å²) in [6.07, 6.45) is 0. The largest absolute Gasteiger partial charge is 0 e. The molecular formula is Ru7. The Kier molecular flexibility index (Phi) is 437. The SMILES string of the molecule is [Ru].[Ru].[Ru].[Ru].[Ru].[Ru].[Ru]. The molecule has 0 radical (unpaired) electrons. The van der Waals surface area contributed by atoms with Crippen molar-refractivity contribution in [1.29, 1.82) is 0 Å². The smallest absolute Gasteiger partial charge is 0 e. The summed E-state index contributed by atoms with van der Waals surface area (Å²) < 4.78 is 0. The van der Waals surface area contributed by atoms with E-state index < -0.39 is 0 Å². The second kappa shape index (κ2) is 47.7. The van der Waals surface area contributed by atoms with Crippen molar-refractivity contribution >= 4 is 0 Å². The van der Waals surface area contributed by atoms with Crippen molar-refractivity contribution in [1.82, 2.24) is 0 Å². The van der Waals surface area contributed by atoms with Crippen LogP contribution < -0.4 is 0 Å². The van der Waals surface area contributed by atoms with Crippen LogP contribution in [-0.4, -0.2) is 0 Å². The van der Waals surface area contributed by atoms with Gasteiger partial charge in [-0.15, -0.1) is 0 Å². The normalized spacial score (nSPS) is 0. The molecule has 0 spiro atoms. The van der Waals surface area contributed by atoms with Crippen LogP contribution >= 0.6 is 0 Å². The van der Waals surface area contributed by atoms with Gasteiger partial charge in [0.05, 0.1) is 0 Å². The van der Waals surface area contributed by atoms with Gasteiger partial charge in [0.1, 0.15) is 0 Å². The third-order valence-electron chi connectivity index (χ3n) is 0. The Morgan fingerprint density at radius 3 is 0.143 bits per heavy atom. The first-order valence-corrected chi connectivity index (χ1v) is 0. The fourth-order valence-electron chi connectivity index (χ4n) is 0. The molecule has 0 N–H and O–H groups in total. The molecule has 7 heteroatoms. The van der Waals surface area contributed by atoms with Crippen LogP contribution in [0.15, 0.2) is 0 Å². The molecule has 0 fully saturated rings. The van der Waals surface area contributed by atoms with E-state index >= 15 is 0 Å². The Balaban J connectivity index is 0. The second-order valence-electron chi connectivity index (χ2n) is 0. The van der Waals surface area contributed by atoms with Crippen LogP contribution in [0.25, 0.3) is 0 Å². The van der Waals surface area contributed by atoms with Crippen molar-refractivity contribution in [3.63, 3.8) is 0 Å². The van der Waals surface area contributed by atoms with Gasteiger partial charge in [0.15, 0.2) is 0 Å². The summed E-state index contributed by atoms with van der Waals surface area (Å²) in [4.78, 5) is 0. The van der Waals surface area contributed by atoms with E-state index in [1.807, 2.05) is 0 Å². The molecule has 0 saturated heterocycles. The minimum atomic E-state index is 0. The third-order valence-corrected chi connectivity index (χ3v) is 0. The Hall–Kier alpha value is 4.36. The summed E-state index contributed by atoms with van der Waals surface area (Å²) in [5.41, 5.74) is 0. The fourth-order valence-corrected chi connectivity index (χ4v) is 0. The molecule has 0 heterocycles. The molecule has 0 unspecified atom stereocenters. The number of hydrogen-bond donors (Lipinski definition) is 0. The van der Waals surface area contributed by atoms with Crippen molar-refractivity contribution in [2.24, 2.45) is 0 Å². The van der Waals surface area contributed by atoms with Crippen molar-refractivity contribution in [3.05, 3.63) is 0 Å². The second-order valence-corrected chi connectivity index (χ2v) is 0. The number of hydrogen-bond acceptors (Lipinski definition) is 0. The molecule has 0 bridgehead atoms. The predicted octanol–water partition coefficient (Wildman–Crippen LogP) is -0.0175. The number of rotatable bonds is 0. The van der Waals surface area contributed by atoms with Crippen LogP contribution in [0.1, 0.15) is 0 Å². The Morgan fingerprint density at radius 2 is 0.143 bits per heavy atom. The van der Waals surface area contributed by atoms with Gasteiger partial charge in [-0.05, 0) is 0 Å². The average Bonchev–Trinajstić information content (AvgIpc) is 0. The van der Waals surface area contributed by atoms with Gasteiger partial charge in [0.25, 0.3) is 0 Å². The van der Waals surface area contributed by atoms with E-state index in [0.29, 0.717) is 0 Å². The van der Waals surface area contributed by atoms with Gasteiger partial charge >= 0.3 is 0 Å². The van der Waals surface area contributed by atoms with Gasteiger partial charge in [-0.2, -0.15) is 0 Å². The molecule has 0 rings (SSSR count). The zero-order valence-electron chi connectivity index (χ0n) is 2.47. The van der Waals surface area contributed by atoms with Crippen LogP contribution in [0.3, 0.4) is 0 Å². The van der Waals surface area contributed by atoms with Crippen LogP contribution in [0.5, 0.6) is 0 Å². The standard InChI is InChI=1S/7Ru. The van der Waals surface area contributed by atoms with Crippen LogP contribution in [0.4, 0.5) is 0 Å². The van der Waals surface area contributed by atoms with Gasteiger partial charge in [0.2, 0.25) is 0 Å². The summed E-state index contributed by atoms with van der Waals surface area (Å²) in [5.74, 6) is 0. The molecule has 0 nitrogen and oxygen atoms in total. The molecule has 56 valence electrons. The minimum absolute atomic E-state index is 0. The predicted molar refractivity (Wildman–Crippen MR) is 0 cm³/mol. The van der Waals surface area contributed by atoms with E-state index in [4.69, 9.17) is 0 Å². The topological polar surface area (TPSA) is 0 Å². The van der Waals surface area contributed by atoms with Crippen LogP contribution in [-0.2, 0) is 136 Å². The Labute approximate surface area is 134 Å². The molecule has 0 aliphatic carbocycles. The van der Waals surface area contributed by atoms with Gasteiger partial charge in [-0.1, -0.05) is 0 Å². The van der Waals surface area contributed by atoms with Crippen molar-refractivity contribution in [2.45, 2.75) is 0 Å². The molecule has 0 saturated carbocycles. The molecule has 0 amide bonds. The summed E-state index contributed by atoms with van der Waals surface area (Å²) in [6, 6.07) is 0. The molecule has 0 aromatic rings. The molecule has 7 heavy (non-hydrogen) atoms. The molecule has 0 aliphatic heterocycles. The zero-order valence-corrected chi connectivity index (χ0v) is 14.6. The van der Waals surface area contributed by atoms with Crippen LogP contribution in [0, 0.1) is 0 Å². The maximum atomic E-state index is 0. The maximum absolute atomic E-state index is 0. The van der Waals surface area contributed by atoms with Gasteiger partial charge in [-0.25, -0.2) is 0 Å². The first kappa shape index (κ1) is 64.1. The monoisotopic (exact) mass is 713 g/mol. The molecule has 0 aliphatic rings. The van der Waals surface area contributed by atoms with Gasteiger partial charge in [-0.3, -0.25) is 0 Å².